The summed E-state index contributed by atoms with van der Waals surface area (Å²) in [4.78, 5) is 10.7. The fraction of sp³-hybridized carbons (Fsp3) is 0.625. The number of aliphatic hydroxyl groups is 1. The number of carbonyl (C=O) groups is 1. The predicted octanol–water partition coefficient (Wildman–Crippen LogP) is 0.671. The molecule has 0 aromatic rings. The Morgan fingerprint density at radius 2 is 2.25 bits per heavy atom. The first-order valence-corrected chi connectivity index (χ1v) is 3.81. The Bertz CT molecular complexity index is 162. The molecule has 0 heterocycles. The molecule has 0 aliphatic heterocycles. The van der Waals surface area contributed by atoms with Crippen molar-refractivity contribution in [2.75, 3.05) is 19.8 Å². The van der Waals surface area contributed by atoms with E-state index in [0.29, 0.717) is 6.54 Å². The van der Waals surface area contributed by atoms with E-state index in [1.165, 1.54) is 0 Å². The lowest BCUT2D eigenvalue weighted by Gasteiger charge is -2.02. The molecule has 1 amide bonds. The summed E-state index contributed by atoms with van der Waals surface area (Å²) in [6.07, 6.45) is 1.38. The molecule has 0 aromatic carbocycles. The molecule has 0 fully saturated rings. The second-order valence-corrected chi connectivity index (χ2v) is 2.52. The van der Waals surface area contributed by atoms with Crippen LogP contribution in [-0.4, -0.2) is 31.0 Å². The Labute approximate surface area is 72.2 Å². The molecule has 0 bridgehead atoms. The number of rotatable bonds is 4. The van der Waals surface area contributed by atoms with Crippen molar-refractivity contribution in [3.05, 3.63) is 11.6 Å². The highest BCUT2D eigenvalue weighted by Crippen LogP contribution is 1.85. The van der Waals surface area contributed by atoms with E-state index in [0.717, 1.165) is 5.57 Å². The lowest BCUT2D eigenvalue weighted by Crippen LogP contribution is -2.25. The van der Waals surface area contributed by atoms with E-state index in [9.17, 15) is 4.79 Å². The van der Waals surface area contributed by atoms with Crippen LogP contribution in [0.4, 0.5) is 4.79 Å². The summed E-state index contributed by atoms with van der Waals surface area (Å²) < 4.78 is 4.54. The van der Waals surface area contributed by atoms with Crippen LogP contribution in [0.25, 0.3) is 0 Å². The number of nitrogens with one attached hydrogen (secondary N) is 1. The average Bonchev–Trinajstić information content (AvgIpc) is 2.00. The van der Waals surface area contributed by atoms with Gasteiger partial charge < -0.3 is 15.2 Å². The third kappa shape index (κ3) is 7.08. The molecule has 0 spiro atoms. The standard InChI is InChI=1S/C8H15NO3/c1-7(2)3-4-9-8(11)12-6-5-10/h3,10H,4-6H2,1-2H3,(H,9,11). The number of ether oxygens (including phenoxy) is 1. The molecule has 0 atom stereocenters. The van der Waals surface area contributed by atoms with Gasteiger partial charge in [-0.2, -0.15) is 0 Å². The highest BCUT2D eigenvalue weighted by molar-refractivity contribution is 5.67. The number of carbonyl (C=O) groups excluding carboxylic acids is 1. The van der Waals surface area contributed by atoms with Gasteiger partial charge in [-0.1, -0.05) is 11.6 Å². The summed E-state index contributed by atoms with van der Waals surface area (Å²) in [6, 6.07) is 0. The number of hydrogen-bond acceptors (Lipinski definition) is 3. The monoisotopic (exact) mass is 173 g/mol. The molecule has 70 valence electrons. The van der Waals surface area contributed by atoms with E-state index in [-0.39, 0.29) is 13.2 Å². The maximum atomic E-state index is 10.7. The van der Waals surface area contributed by atoms with Gasteiger partial charge in [0.05, 0.1) is 6.61 Å². The lowest BCUT2D eigenvalue weighted by molar-refractivity contribution is 0.120. The van der Waals surface area contributed by atoms with Gasteiger partial charge in [-0.15, -0.1) is 0 Å². The molecule has 0 saturated heterocycles. The van der Waals surface area contributed by atoms with Gasteiger partial charge in [-0.05, 0) is 13.8 Å². The maximum Gasteiger partial charge on any atom is 0.407 e. The first-order valence-electron chi connectivity index (χ1n) is 3.81. The fourth-order valence-corrected chi connectivity index (χ4v) is 0.528. The number of allylic oxidation sites excluding steroid dienone is 1. The van der Waals surface area contributed by atoms with Gasteiger partial charge >= 0.3 is 6.09 Å². The van der Waals surface area contributed by atoms with Gasteiger partial charge in [-0.25, -0.2) is 4.79 Å². The third-order valence-electron chi connectivity index (χ3n) is 1.08. The van der Waals surface area contributed by atoms with E-state index < -0.39 is 6.09 Å². The smallest absolute Gasteiger partial charge is 0.407 e. The summed E-state index contributed by atoms with van der Waals surface area (Å²) in [5, 5.41) is 10.8. The van der Waals surface area contributed by atoms with Crippen LogP contribution in [0.15, 0.2) is 11.6 Å². The number of aliphatic hydroxyl groups excluding tert-OH is 1. The minimum absolute atomic E-state index is 0.0423. The van der Waals surface area contributed by atoms with Crippen molar-refractivity contribution >= 4 is 6.09 Å². The molecule has 0 unspecified atom stereocenters. The van der Waals surface area contributed by atoms with Gasteiger partial charge in [0.2, 0.25) is 0 Å². The SMILES string of the molecule is CC(C)=CCNC(=O)OCCO. The zero-order valence-electron chi connectivity index (χ0n) is 7.46. The second-order valence-electron chi connectivity index (χ2n) is 2.52. The first-order chi connectivity index (χ1) is 5.66. The maximum absolute atomic E-state index is 10.7. The van der Waals surface area contributed by atoms with Gasteiger partial charge in [0.15, 0.2) is 0 Å². The average molecular weight is 173 g/mol. The molecule has 4 heteroatoms. The Morgan fingerprint density at radius 3 is 2.75 bits per heavy atom. The van der Waals surface area contributed by atoms with E-state index in [2.05, 4.69) is 10.1 Å². The zero-order chi connectivity index (χ0) is 9.40. The third-order valence-corrected chi connectivity index (χ3v) is 1.08. The van der Waals surface area contributed by atoms with Crippen molar-refractivity contribution in [2.45, 2.75) is 13.8 Å². The van der Waals surface area contributed by atoms with Crippen molar-refractivity contribution in [1.82, 2.24) is 5.32 Å². The normalized spacial score (nSPS) is 8.92. The first kappa shape index (κ1) is 11.0. The fourth-order valence-electron chi connectivity index (χ4n) is 0.528. The van der Waals surface area contributed by atoms with Crippen molar-refractivity contribution < 1.29 is 14.6 Å². The van der Waals surface area contributed by atoms with Crippen LogP contribution < -0.4 is 5.32 Å². The Morgan fingerprint density at radius 1 is 1.58 bits per heavy atom. The Balaban J connectivity index is 3.38. The van der Waals surface area contributed by atoms with Gasteiger partial charge in [0.25, 0.3) is 0 Å². The number of amides is 1. The van der Waals surface area contributed by atoms with Crippen LogP contribution in [0, 0.1) is 0 Å². The van der Waals surface area contributed by atoms with Crippen molar-refractivity contribution in [1.29, 1.82) is 0 Å². The van der Waals surface area contributed by atoms with Crippen LogP contribution in [0.2, 0.25) is 0 Å². The highest BCUT2D eigenvalue weighted by atomic mass is 16.6. The lowest BCUT2D eigenvalue weighted by atomic mass is 10.3. The molecule has 0 aliphatic carbocycles. The minimum atomic E-state index is -0.499. The largest absolute Gasteiger partial charge is 0.447 e. The van der Waals surface area contributed by atoms with E-state index in [1.807, 2.05) is 19.9 Å². The van der Waals surface area contributed by atoms with Crippen LogP contribution in [0.3, 0.4) is 0 Å². The molecule has 0 rings (SSSR count). The summed E-state index contributed by atoms with van der Waals surface area (Å²) >= 11 is 0. The van der Waals surface area contributed by atoms with E-state index >= 15 is 0 Å². The van der Waals surface area contributed by atoms with E-state index in [1.54, 1.807) is 0 Å². The summed E-state index contributed by atoms with van der Waals surface area (Å²) in [5.41, 5.74) is 1.14. The van der Waals surface area contributed by atoms with Crippen LogP contribution >= 0.6 is 0 Å². The number of hydrogen-bond donors (Lipinski definition) is 2. The molecule has 2 N–H and O–H groups in total. The van der Waals surface area contributed by atoms with E-state index in [4.69, 9.17) is 5.11 Å². The zero-order valence-corrected chi connectivity index (χ0v) is 7.46. The van der Waals surface area contributed by atoms with Crippen molar-refractivity contribution in [3.8, 4) is 0 Å². The number of alkyl carbamates (subject to hydrolysis) is 1. The molecule has 0 aromatic heterocycles. The van der Waals surface area contributed by atoms with Crippen LogP contribution in [0.5, 0.6) is 0 Å². The second kappa shape index (κ2) is 6.67. The molecular weight excluding hydrogens is 158 g/mol. The highest BCUT2D eigenvalue weighted by Gasteiger charge is 1.96. The minimum Gasteiger partial charge on any atom is -0.447 e. The van der Waals surface area contributed by atoms with Crippen molar-refractivity contribution in [2.24, 2.45) is 0 Å². The molecule has 12 heavy (non-hydrogen) atoms. The molecule has 4 nitrogen and oxygen atoms in total. The van der Waals surface area contributed by atoms with Gasteiger partial charge in [-0.3, -0.25) is 0 Å². The molecule has 0 radical (unpaired) electrons. The topological polar surface area (TPSA) is 58.6 Å². The van der Waals surface area contributed by atoms with Crippen LogP contribution in [0.1, 0.15) is 13.8 Å². The predicted molar refractivity (Wildman–Crippen MR) is 45.9 cm³/mol. The van der Waals surface area contributed by atoms with Gasteiger partial charge in [0.1, 0.15) is 6.61 Å². The van der Waals surface area contributed by atoms with Crippen LogP contribution in [-0.2, 0) is 4.74 Å². The molecular formula is C8H15NO3. The Kier molecular flexibility index (Phi) is 6.09. The quantitative estimate of drug-likeness (QED) is 0.614. The summed E-state index contributed by atoms with van der Waals surface area (Å²) in [5.74, 6) is 0. The Hall–Kier alpha value is -1.03. The molecule has 0 saturated carbocycles. The molecule has 0 aliphatic rings. The van der Waals surface area contributed by atoms with Gasteiger partial charge in [0, 0.05) is 6.54 Å². The van der Waals surface area contributed by atoms with Crippen molar-refractivity contribution in [3.63, 3.8) is 0 Å². The summed E-state index contributed by atoms with van der Waals surface area (Å²) in [6.45, 7) is 4.25. The summed E-state index contributed by atoms with van der Waals surface area (Å²) in [7, 11) is 0.